The van der Waals surface area contributed by atoms with E-state index < -0.39 is 36.9 Å². The fourth-order valence-corrected chi connectivity index (χ4v) is 2.11. The number of aliphatic hydroxyl groups is 2. The zero-order valence-corrected chi connectivity index (χ0v) is 13.7. The Hall–Kier alpha value is -2.70. The van der Waals surface area contributed by atoms with E-state index >= 15 is 0 Å². The van der Waals surface area contributed by atoms with Crippen molar-refractivity contribution in [2.75, 3.05) is 6.61 Å². The molecule has 0 spiro atoms. The first-order valence-electron chi connectivity index (χ1n) is 7.83. The van der Waals surface area contributed by atoms with Crippen molar-refractivity contribution in [3.63, 3.8) is 0 Å². The molecule has 0 saturated carbocycles. The predicted octanol–water partition coefficient (Wildman–Crippen LogP) is 1.81. The lowest BCUT2D eigenvalue weighted by Crippen LogP contribution is -2.41. The van der Waals surface area contributed by atoms with E-state index in [0.29, 0.717) is 11.1 Å². The Labute approximate surface area is 145 Å². The van der Waals surface area contributed by atoms with Gasteiger partial charge in [0.1, 0.15) is 24.9 Å². The van der Waals surface area contributed by atoms with Gasteiger partial charge in [0.25, 0.3) is 0 Å². The summed E-state index contributed by atoms with van der Waals surface area (Å²) in [7, 11) is 0. The number of ether oxygens (including phenoxy) is 2. The maximum absolute atomic E-state index is 11.9. The number of carbonyl (C=O) groups is 2. The second-order valence-corrected chi connectivity index (χ2v) is 5.50. The van der Waals surface area contributed by atoms with Crippen molar-refractivity contribution in [1.29, 1.82) is 0 Å². The zero-order chi connectivity index (χ0) is 18.2. The molecular formula is C19H20O6. The number of hydrogen-bond donors (Lipinski definition) is 2. The maximum Gasteiger partial charge on any atom is 0.338 e. The Kier molecular flexibility index (Phi) is 6.68. The molecule has 3 atom stereocenters. The Morgan fingerprint density at radius 2 is 1.36 bits per heavy atom. The fourth-order valence-electron chi connectivity index (χ4n) is 2.11. The molecular weight excluding hydrogens is 324 g/mol. The van der Waals surface area contributed by atoms with Crippen LogP contribution >= 0.6 is 0 Å². The first-order valence-corrected chi connectivity index (χ1v) is 7.83. The van der Waals surface area contributed by atoms with Crippen molar-refractivity contribution in [1.82, 2.24) is 0 Å². The van der Waals surface area contributed by atoms with Gasteiger partial charge in [-0.15, -0.1) is 0 Å². The first kappa shape index (κ1) is 18.6. The van der Waals surface area contributed by atoms with Crippen LogP contribution in [0.2, 0.25) is 0 Å². The second kappa shape index (κ2) is 8.96. The molecule has 2 rings (SSSR count). The molecule has 0 heterocycles. The van der Waals surface area contributed by atoms with E-state index in [1.54, 1.807) is 60.7 Å². The molecule has 0 amide bonds. The van der Waals surface area contributed by atoms with Gasteiger partial charge in [0.15, 0.2) is 0 Å². The van der Waals surface area contributed by atoms with Crippen LogP contribution < -0.4 is 0 Å². The van der Waals surface area contributed by atoms with Crippen LogP contribution in [0.1, 0.15) is 27.6 Å². The Morgan fingerprint density at radius 3 is 1.88 bits per heavy atom. The van der Waals surface area contributed by atoms with E-state index in [4.69, 9.17) is 9.47 Å². The van der Waals surface area contributed by atoms with Gasteiger partial charge < -0.3 is 19.7 Å². The summed E-state index contributed by atoms with van der Waals surface area (Å²) in [6.07, 6.45) is -3.75. The lowest BCUT2D eigenvalue weighted by atomic mass is 10.1. The minimum atomic E-state index is -1.39. The van der Waals surface area contributed by atoms with E-state index in [-0.39, 0.29) is 0 Å². The van der Waals surface area contributed by atoms with Crippen LogP contribution in [0.25, 0.3) is 0 Å². The molecule has 132 valence electrons. The topological polar surface area (TPSA) is 93.1 Å². The highest BCUT2D eigenvalue weighted by molar-refractivity contribution is 5.89. The van der Waals surface area contributed by atoms with E-state index in [1.807, 2.05) is 0 Å². The van der Waals surface area contributed by atoms with E-state index in [9.17, 15) is 19.8 Å². The number of esters is 2. The highest BCUT2D eigenvalue weighted by atomic mass is 16.6. The van der Waals surface area contributed by atoms with Crippen LogP contribution in [-0.4, -0.2) is 47.1 Å². The van der Waals surface area contributed by atoms with Crippen LogP contribution in [0.3, 0.4) is 0 Å². The number of rotatable bonds is 7. The molecule has 0 saturated heterocycles. The van der Waals surface area contributed by atoms with E-state index in [1.165, 1.54) is 6.92 Å². The number of benzene rings is 2. The minimum Gasteiger partial charge on any atom is -0.459 e. The van der Waals surface area contributed by atoms with Crippen LogP contribution in [0, 0.1) is 0 Å². The van der Waals surface area contributed by atoms with Crippen molar-refractivity contribution in [3.8, 4) is 0 Å². The molecule has 0 fully saturated rings. The molecule has 0 aliphatic heterocycles. The summed E-state index contributed by atoms with van der Waals surface area (Å²) >= 11 is 0. The monoisotopic (exact) mass is 344 g/mol. The van der Waals surface area contributed by atoms with Crippen molar-refractivity contribution in [2.45, 2.75) is 25.2 Å². The number of carbonyl (C=O) groups excluding carboxylic acids is 2. The number of aliphatic hydroxyl groups excluding tert-OH is 2. The lowest BCUT2D eigenvalue weighted by Gasteiger charge is -2.23. The van der Waals surface area contributed by atoms with Gasteiger partial charge in [0.2, 0.25) is 0 Å². The van der Waals surface area contributed by atoms with Gasteiger partial charge in [0.05, 0.1) is 11.1 Å². The molecule has 0 radical (unpaired) electrons. The van der Waals surface area contributed by atoms with Gasteiger partial charge in [-0.25, -0.2) is 9.59 Å². The molecule has 0 bridgehead atoms. The third-order valence-electron chi connectivity index (χ3n) is 3.57. The summed E-state index contributed by atoms with van der Waals surface area (Å²) in [6.45, 7) is 1.04. The van der Waals surface area contributed by atoms with Crippen molar-refractivity contribution in [3.05, 3.63) is 71.8 Å². The molecule has 0 aliphatic rings. The number of hydrogen-bond acceptors (Lipinski definition) is 6. The normalized spacial score (nSPS) is 14.2. The summed E-state index contributed by atoms with van der Waals surface area (Å²) in [5.41, 5.74) is 0.680. The van der Waals surface area contributed by atoms with Crippen molar-refractivity contribution in [2.24, 2.45) is 0 Å². The van der Waals surface area contributed by atoms with Gasteiger partial charge >= 0.3 is 11.9 Å². The van der Waals surface area contributed by atoms with Gasteiger partial charge in [-0.2, -0.15) is 0 Å². The quantitative estimate of drug-likeness (QED) is 0.744. The molecule has 0 aromatic heterocycles. The summed E-state index contributed by atoms with van der Waals surface area (Å²) in [4.78, 5) is 23.7. The molecule has 1 unspecified atom stereocenters. The third-order valence-corrected chi connectivity index (χ3v) is 3.57. The van der Waals surface area contributed by atoms with Crippen LogP contribution in [0.15, 0.2) is 60.7 Å². The van der Waals surface area contributed by atoms with Gasteiger partial charge in [-0.1, -0.05) is 36.4 Å². The Balaban J connectivity index is 1.83. The molecule has 6 nitrogen and oxygen atoms in total. The van der Waals surface area contributed by atoms with E-state index in [2.05, 4.69) is 0 Å². The van der Waals surface area contributed by atoms with Crippen LogP contribution in [0.5, 0.6) is 0 Å². The van der Waals surface area contributed by atoms with Gasteiger partial charge in [0, 0.05) is 0 Å². The van der Waals surface area contributed by atoms with Crippen molar-refractivity contribution >= 4 is 11.9 Å². The molecule has 2 aromatic carbocycles. The lowest BCUT2D eigenvalue weighted by molar-refractivity contribution is -0.0811. The standard InChI is InChI=1S/C19H20O6/c1-13(25-19(23)15-10-6-3-7-11-15)17(21)16(20)12-24-18(22)14-8-4-2-5-9-14/h2-11,13,16-17,20-21H,12H2,1H3/t13-,16?,17-/m1/s1. The second-order valence-electron chi connectivity index (χ2n) is 5.50. The SMILES string of the molecule is C[C@@H](OC(=O)c1ccccc1)[C@@H](O)C(O)COC(=O)c1ccccc1. The zero-order valence-electron chi connectivity index (χ0n) is 13.7. The first-order chi connectivity index (χ1) is 12.0. The highest BCUT2D eigenvalue weighted by Crippen LogP contribution is 2.10. The minimum absolute atomic E-state index is 0.339. The molecule has 0 aliphatic carbocycles. The Bertz CT molecular complexity index is 686. The summed E-state index contributed by atoms with van der Waals surface area (Å²) in [6, 6.07) is 16.6. The fraction of sp³-hybridized carbons (Fsp3) is 0.263. The van der Waals surface area contributed by atoms with Crippen LogP contribution in [-0.2, 0) is 9.47 Å². The summed E-state index contributed by atoms with van der Waals surface area (Å²) in [5, 5.41) is 20.0. The van der Waals surface area contributed by atoms with E-state index in [0.717, 1.165) is 0 Å². The molecule has 6 heteroatoms. The predicted molar refractivity (Wildman–Crippen MR) is 90.1 cm³/mol. The maximum atomic E-state index is 11.9. The third kappa shape index (κ3) is 5.41. The smallest absolute Gasteiger partial charge is 0.338 e. The average Bonchev–Trinajstić information content (AvgIpc) is 2.66. The summed E-state index contributed by atoms with van der Waals surface area (Å²) < 4.78 is 10.1. The average molecular weight is 344 g/mol. The molecule has 2 aromatic rings. The van der Waals surface area contributed by atoms with Gasteiger partial charge in [-0.3, -0.25) is 0 Å². The van der Waals surface area contributed by atoms with Crippen molar-refractivity contribution < 1.29 is 29.3 Å². The molecule has 25 heavy (non-hydrogen) atoms. The largest absolute Gasteiger partial charge is 0.459 e. The highest BCUT2D eigenvalue weighted by Gasteiger charge is 2.27. The van der Waals surface area contributed by atoms with Gasteiger partial charge in [-0.05, 0) is 31.2 Å². The summed E-state index contributed by atoms with van der Waals surface area (Å²) in [5.74, 6) is -1.22. The Morgan fingerprint density at radius 1 is 0.880 bits per heavy atom. The van der Waals surface area contributed by atoms with Crippen LogP contribution in [0.4, 0.5) is 0 Å². The molecule has 2 N–H and O–H groups in total.